The van der Waals surface area contributed by atoms with E-state index in [2.05, 4.69) is 24.5 Å². The SMILES string of the molecule is CNC(=O)c1ccc(Cl)c(NC2CCOC(C(C)C)C2)c1. The largest absolute Gasteiger partial charge is 0.381 e. The summed E-state index contributed by atoms with van der Waals surface area (Å²) in [4.78, 5) is 11.7. The number of carbonyl (C=O) groups is 1. The molecule has 1 aliphatic rings. The van der Waals surface area contributed by atoms with Crippen LogP contribution in [0, 0.1) is 5.92 Å². The molecule has 1 amide bonds. The summed E-state index contributed by atoms with van der Waals surface area (Å²) in [6.07, 6.45) is 2.18. The van der Waals surface area contributed by atoms with Crippen LogP contribution in [0.1, 0.15) is 37.0 Å². The van der Waals surface area contributed by atoms with Gasteiger partial charge in [-0.25, -0.2) is 0 Å². The maximum absolute atomic E-state index is 11.7. The minimum absolute atomic E-state index is 0.109. The fourth-order valence-electron chi connectivity index (χ4n) is 2.57. The van der Waals surface area contributed by atoms with Gasteiger partial charge in [-0.15, -0.1) is 0 Å². The van der Waals surface area contributed by atoms with Gasteiger partial charge in [0.1, 0.15) is 0 Å². The van der Waals surface area contributed by atoms with Crippen molar-refractivity contribution in [3.63, 3.8) is 0 Å². The number of hydrogen-bond acceptors (Lipinski definition) is 3. The van der Waals surface area contributed by atoms with Gasteiger partial charge in [0.25, 0.3) is 5.91 Å². The molecule has 0 radical (unpaired) electrons. The fourth-order valence-corrected chi connectivity index (χ4v) is 2.74. The predicted molar refractivity (Wildman–Crippen MR) is 86.1 cm³/mol. The number of halogens is 1. The van der Waals surface area contributed by atoms with Crippen molar-refractivity contribution >= 4 is 23.2 Å². The van der Waals surface area contributed by atoms with Crippen LogP contribution in [0.4, 0.5) is 5.69 Å². The van der Waals surface area contributed by atoms with E-state index in [1.807, 2.05) is 0 Å². The lowest BCUT2D eigenvalue weighted by Gasteiger charge is -2.33. The van der Waals surface area contributed by atoms with E-state index in [9.17, 15) is 4.79 Å². The van der Waals surface area contributed by atoms with Gasteiger partial charge in [-0.1, -0.05) is 25.4 Å². The van der Waals surface area contributed by atoms with Crippen molar-refractivity contribution in [1.82, 2.24) is 5.32 Å². The molecule has 1 aliphatic heterocycles. The maximum atomic E-state index is 11.7. The molecular formula is C16H23ClN2O2. The Morgan fingerprint density at radius 2 is 2.19 bits per heavy atom. The van der Waals surface area contributed by atoms with Crippen molar-refractivity contribution in [3.05, 3.63) is 28.8 Å². The van der Waals surface area contributed by atoms with Crippen molar-refractivity contribution in [2.24, 2.45) is 5.92 Å². The lowest BCUT2D eigenvalue weighted by molar-refractivity contribution is -0.0160. The quantitative estimate of drug-likeness (QED) is 0.897. The van der Waals surface area contributed by atoms with Gasteiger partial charge in [-0.05, 0) is 37.0 Å². The van der Waals surface area contributed by atoms with Gasteiger partial charge in [0.05, 0.1) is 16.8 Å². The number of benzene rings is 1. The summed E-state index contributed by atoms with van der Waals surface area (Å²) in [5.74, 6) is 0.393. The molecule has 0 aromatic heterocycles. The van der Waals surface area contributed by atoms with E-state index in [-0.39, 0.29) is 12.0 Å². The van der Waals surface area contributed by atoms with Crippen LogP contribution < -0.4 is 10.6 Å². The Kier molecular flexibility index (Phi) is 5.48. The van der Waals surface area contributed by atoms with E-state index >= 15 is 0 Å². The Morgan fingerprint density at radius 3 is 2.86 bits per heavy atom. The molecule has 1 heterocycles. The minimum atomic E-state index is -0.109. The number of carbonyl (C=O) groups excluding carboxylic acids is 1. The standard InChI is InChI=1S/C16H23ClN2O2/c1-10(2)15-9-12(6-7-21-15)19-14-8-11(16(20)18-3)4-5-13(14)17/h4-5,8,10,12,15,19H,6-7,9H2,1-3H3,(H,18,20). The molecule has 21 heavy (non-hydrogen) atoms. The zero-order valence-electron chi connectivity index (χ0n) is 12.8. The highest BCUT2D eigenvalue weighted by Crippen LogP contribution is 2.28. The third-order valence-corrected chi connectivity index (χ3v) is 4.20. The molecule has 1 aromatic carbocycles. The fraction of sp³-hybridized carbons (Fsp3) is 0.562. The maximum Gasteiger partial charge on any atom is 0.251 e. The number of nitrogens with one attached hydrogen (secondary N) is 2. The molecule has 2 unspecified atom stereocenters. The Labute approximate surface area is 131 Å². The van der Waals surface area contributed by atoms with Crippen molar-refractivity contribution < 1.29 is 9.53 Å². The third kappa shape index (κ3) is 4.11. The lowest BCUT2D eigenvalue weighted by Crippen LogP contribution is -2.36. The van der Waals surface area contributed by atoms with Gasteiger partial charge >= 0.3 is 0 Å². The molecule has 1 aromatic rings. The van der Waals surface area contributed by atoms with Crippen LogP contribution in [0.15, 0.2) is 18.2 Å². The average molecular weight is 311 g/mol. The molecule has 5 heteroatoms. The Balaban J connectivity index is 2.09. The summed E-state index contributed by atoms with van der Waals surface area (Å²) in [5, 5.41) is 6.72. The molecule has 2 N–H and O–H groups in total. The predicted octanol–water partition coefficient (Wildman–Crippen LogP) is 3.32. The highest BCUT2D eigenvalue weighted by molar-refractivity contribution is 6.33. The molecular weight excluding hydrogens is 288 g/mol. The highest BCUT2D eigenvalue weighted by Gasteiger charge is 2.25. The van der Waals surface area contributed by atoms with Crippen LogP contribution in [-0.2, 0) is 4.74 Å². The van der Waals surface area contributed by atoms with Crippen LogP contribution in [0.3, 0.4) is 0 Å². The third-order valence-electron chi connectivity index (χ3n) is 3.87. The molecule has 1 saturated heterocycles. The molecule has 0 spiro atoms. The van der Waals surface area contributed by atoms with Gasteiger partial charge in [-0.2, -0.15) is 0 Å². The molecule has 1 fully saturated rings. The summed E-state index contributed by atoms with van der Waals surface area (Å²) in [7, 11) is 1.62. The Morgan fingerprint density at radius 1 is 1.43 bits per heavy atom. The minimum Gasteiger partial charge on any atom is -0.381 e. The zero-order chi connectivity index (χ0) is 15.4. The second-order valence-electron chi connectivity index (χ2n) is 5.79. The number of anilines is 1. The molecule has 2 rings (SSSR count). The molecule has 0 aliphatic carbocycles. The Bertz CT molecular complexity index is 505. The van der Waals surface area contributed by atoms with E-state index < -0.39 is 0 Å². The smallest absolute Gasteiger partial charge is 0.251 e. The summed E-state index contributed by atoms with van der Waals surface area (Å²) in [6.45, 7) is 5.10. The number of amides is 1. The number of hydrogen-bond donors (Lipinski definition) is 2. The first-order chi connectivity index (χ1) is 10.0. The van der Waals surface area contributed by atoms with Crippen molar-refractivity contribution in [1.29, 1.82) is 0 Å². The van der Waals surface area contributed by atoms with Crippen LogP contribution in [0.25, 0.3) is 0 Å². The summed E-state index contributed by atoms with van der Waals surface area (Å²) >= 11 is 6.24. The summed E-state index contributed by atoms with van der Waals surface area (Å²) in [6, 6.07) is 5.62. The molecule has 116 valence electrons. The van der Waals surface area contributed by atoms with Crippen LogP contribution in [-0.4, -0.2) is 31.7 Å². The molecule has 0 saturated carbocycles. The van der Waals surface area contributed by atoms with E-state index in [0.717, 1.165) is 25.1 Å². The highest BCUT2D eigenvalue weighted by atomic mass is 35.5. The summed E-state index contributed by atoms with van der Waals surface area (Å²) in [5.41, 5.74) is 1.42. The number of rotatable bonds is 4. The molecule has 2 atom stereocenters. The topological polar surface area (TPSA) is 50.4 Å². The van der Waals surface area contributed by atoms with Crippen molar-refractivity contribution in [2.75, 3.05) is 19.0 Å². The normalized spacial score (nSPS) is 22.1. The van der Waals surface area contributed by atoms with E-state index in [0.29, 0.717) is 22.5 Å². The van der Waals surface area contributed by atoms with E-state index in [1.54, 1.807) is 25.2 Å². The van der Waals surface area contributed by atoms with Crippen molar-refractivity contribution in [3.8, 4) is 0 Å². The Hall–Kier alpha value is -1.26. The van der Waals surface area contributed by atoms with E-state index in [1.165, 1.54) is 0 Å². The van der Waals surface area contributed by atoms with Gasteiger partial charge in [0, 0.05) is 25.3 Å². The molecule has 4 nitrogen and oxygen atoms in total. The first-order valence-electron chi connectivity index (χ1n) is 7.41. The van der Waals surface area contributed by atoms with E-state index in [4.69, 9.17) is 16.3 Å². The average Bonchev–Trinajstić information content (AvgIpc) is 2.49. The first kappa shape index (κ1) is 16.1. The van der Waals surface area contributed by atoms with Gasteiger partial charge in [-0.3, -0.25) is 4.79 Å². The molecule has 0 bridgehead atoms. The summed E-state index contributed by atoms with van der Waals surface area (Å²) < 4.78 is 5.78. The second-order valence-corrected chi connectivity index (χ2v) is 6.20. The van der Waals surface area contributed by atoms with Crippen LogP contribution in [0.2, 0.25) is 5.02 Å². The first-order valence-corrected chi connectivity index (χ1v) is 7.78. The van der Waals surface area contributed by atoms with Gasteiger partial charge < -0.3 is 15.4 Å². The lowest BCUT2D eigenvalue weighted by atomic mass is 9.95. The second kappa shape index (κ2) is 7.14. The van der Waals surface area contributed by atoms with Gasteiger partial charge in [0.15, 0.2) is 0 Å². The number of ether oxygens (including phenoxy) is 1. The van der Waals surface area contributed by atoms with Crippen LogP contribution in [0.5, 0.6) is 0 Å². The monoisotopic (exact) mass is 310 g/mol. The van der Waals surface area contributed by atoms with Crippen molar-refractivity contribution in [2.45, 2.75) is 38.8 Å². The zero-order valence-corrected chi connectivity index (χ0v) is 13.5. The van der Waals surface area contributed by atoms with Gasteiger partial charge in [0.2, 0.25) is 0 Å². The van der Waals surface area contributed by atoms with Crippen LogP contribution >= 0.6 is 11.6 Å².